The number of benzene rings is 1. The van der Waals surface area contributed by atoms with Gasteiger partial charge >= 0.3 is 12.3 Å². The lowest BCUT2D eigenvalue weighted by Crippen LogP contribution is -2.51. The Bertz CT molecular complexity index is 1280. The Morgan fingerprint density at radius 3 is 2.49 bits per heavy atom. The normalized spacial score (nSPS) is 18.5. The third-order valence-electron chi connectivity index (χ3n) is 7.04. The quantitative estimate of drug-likeness (QED) is 0.541. The minimum Gasteiger partial charge on any atom is -0.444 e. The minimum atomic E-state index is -4.68. The second-order valence-electron chi connectivity index (χ2n) is 11.7. The van der Waals surface area contributed by atoms with Crippen molar-refractivity contribution in [1.29, 1.82) is 0 Å². The molecule has 3 heterocycles. The number of aromatic nitrogens is 2. The molecular weight excluding hydrogens is 539 g/mol. The van der Waals surface area contributed by atoms with Gasteiger partial charge in [0.1, 0.15) is 5.60 Å². The largest absolute Gasteiger partial charge is 0.444 e. The Balaban J connectivity index is 1.55. The highest BCUT2D eigenvalue weighted by atomic mass is 19.4. The van der Waals surface area contributed by atoms with Gasteiger partial charge in [0, 0.05) is 43.6 Å². The number of likely N-dealkylation sites (tertiary alicyclic amines) is 1. The van der Waals surface area contributed by atoms with E-state index in [9.17, 15) is 27.6 Å². The average Bonchev–Trinajstić information content (AvgIpc) is 2.88. The fourth-order valence-corrected chi connectivity index (χ4v) is 5.11. The fourth-order valence-electron chi connectivity index (χ4n) is 5.11. The number of nitrogens with one attached hydrogen (secondary N) is 1. The SMILES string of the molecule is C[C@@H]1CCC(=O)N(C[C@H](CC(=O)N2CCc3c(nc(-c4ccccc4)nc3C(F)(F)F)C2)NC(=O)OC(C)(C)C)C1. The standard InChI is InChI=1S/C29H36F3N5O4/c1-18-10-11-23(38)37(15-18)16-20(33-27(40)41-28(2,3)4)14-24(39)36-13-12-21-22(17-36)34-26(19-8-6-5-7-9-19)35-25(21)29(30,31)32/h5-9,18,20H,10-17H2,1-4H3,(H,33,40)/t18-,20+/m1/s1. The van der Waals surface area contributed by atoms with E-state index in [2.05, 4.69) is 15.3 Å². The molecule has 9 nitrogen and oxygen atoms in total. The fraction of sp³-hybridized carbons (Fsp3) is 0.552. The lowest BCUT2D eigenvalue weighted by atomic mass is 9.98. The summed E-state index contributed by atoms with van der Waals surface area (Å²) >= 11 is 0. The first-order chi connectivity index (χ1) is 19.2. The molecule has 1 fully saturated rings. The highest BCUT2D eigenvalue weighted by molar-refractivity contribution is 5.79. The van der Waals surface area contributed by atoms with Crippen LogP contribution >= 0.6 is 0 Å². The molecule has 0 bridgehead atoms. The summed E-state index contributed by atoms with van der Waals surface area (Å²) in [6.07, 6.45) is -4.44. The van der Waals surface area contributed by atoms with E-state index in [1.54, 1.807) is 56.0 Å². The maximum atomic E-state index is 14.0. The number of hydrogen-bond donors (Lipinski definition) is 1. The molecule has 1 aromatic carbocycles. The lowest BCUT2D eigenvalue weighted by molar-refractivity contribution is -0.142. The molecule has 0 spiro atoms. The summed E-state index contributed by atoms with van der Waals surface area (Å²) in [4.78, 5) is 50.0. The monoisotopic (exact) mass is 575 g/mol. The van der Waals surface area contributed by atoms with Crippen LogP contribution in [0.4, 0.5) is 18.0 Å². The van der Waals surface area contributed by atoms with Crippen molar-refractivity contribution >= 4 is 17.9 Å². The summed E-state index contributed by atoms with van der Waals surface area (Å²) in [5.41, 5.74) is -1.20. The maximum Gasteiger partial charge on any atom is 0.433 e. The molecule has 222 valence electrons. The van der Waals surface area contributed by atoms with Gasteiger partial charge in [0.05, 0.1) is 18.3 Å². The van der Waals surface area contributed by atoms with Gasteiger partial charge in [0.2, 0.25) is 11.8 Å². The molecule has 1 saturated heterocycles. The first-order valence-corrected chi connectivity index (χ1v) is 13.8. The van der Waals surface area contributed by atoms with Gasteiger partial charge in [-0.25, -0.2) is 14.8 Å². The molecule has 3 amide bonds. The molecule has 2 aromatic rings. The number of piperidine rings is 1. The van der Waals surface area contributed by atoms with Crippen molar-refractivity contribution in [2.75, 3.05) is 19.6 Å². The maximum absolute atomic E-state index is 14.0. The molecule has 0 aliphatic carbocycles. The smallest absolute Gasteiger partial charge is 0.433 e. The predicted molar refractivity (Wildman–Crippen MR) is 144 cm³/mol. The minimum absolute atomic E-state index is 0.0161. The van der Waals surface area contributed by atoms with E-state index in [0.717, 1.165) is 6.42 Å². The van der Waals surface area contributed by atoms with E-state index in [1.807, 2.05) is 6.92 Å². The van der Waals surface area contributed by atoms with Gasteiger partial charge in [0.15, 0.2) is 11.5 Å². The van der Waals surface area contributed by atoms with E-state index in [1.165, 1.54) is 4.90 Å². The highest BCUT2D eigenvalue weighted by Crippen LogP contribution is 2.35. The van der Waals surface area contributed by atoms with Crippen molar-refractivity contribution in [1.82, 2.24) is 25.1 Å². The summed E-state index contributed by atoms with van der Waals surface area (Å²) in [6, 6.07) is 7.63. The number of fused-ring (bicyclic) bond motifs is 1. The average molecular weight is 576 g/mol. The van der Waals surface area contributed by atoms with Crippen molar-refractivity contribution in [3.8, 4) is 11.4 Å². The predicted octanol–water partition coefficient (Wildman–Crippen LogP) is 4.59. The van der Waals surface area contributed by atoms with E-state index in [-0.39, 0.29) is 67.3 Å². The second-order valence-corrected chi connectivity index (χ2v) is 11.7. The van der Waals surface area contributed by atoms with Crippen molar-refractivity contribution in [2.45, 2.75) is 77.7 Å². The summed E-state index contributed by atoms with van der Waals surface area (Å²) in [5, 5.41) is 2.73. The number of carbonyl (C=O) groups excluding carboxylic acids is 3. The van der Waals surface area contributed by atoms with Gasteiger partial charge in [-0.3, -0.25) is 9.59 Å². The number of rotatable bonds is 6. The Morgan fingerprint density at radius 2 is 1.83 bits per heavy atom. The molecule has 0 radical (unpaired) electrons. The first kappa shape index (κ1) is 30.3. The Labute approximate surface area is 237 Å². The molecular formula is C29H36F3N5O4. The molecule has 12 heteroatoms. The number of hydrogen-bond acceptors (Lipinski definition) is 6. The van der Waals surface area contributed by atoms with Crippen molar-refractivity contribution in [2.24, 2.45) is 5.92 Å². The molecule has 1 aromatic heterocycles. The lowest BCUT2D eigenvalue weighted by Gasteiger charge is -2.35. The number of halogens is 3. The topological polar surface area (TPSA) is 105 Å². The number of alkyl halides is 3. The molecule has 2 aliphatic heterocycles. The van der Waals surface area contributed by atoms with Gasteiger partial charge in [-0.1, -0.05) is 37.3 Å². The van der Waals surface area contributed by atoms with Crippen molar-refractivity contribution in [3.63, 3.8) is 0 Å². The number of amides is 3. The van der Waals surface area contributed by atoms with Crippen LogP contribution in [0.1, 0.15) is 63.9 Å². The van der Waals surface area contributed by atoms with Crippen LogP contribution in [0.25, 0.3) is 11.4 Å². The number of carbonyl (C=O) groups is 3. The zero-order valence-electron chi connectivity index (χ0n) is 23.8. The number of alkyl carbamates (subject to hydrolysis) is 1. The molecule has 1 N–H and O–H groups in total. The second kappa shape index (κ2) is 12.0. The van der Waals surface area contributed by atoms with Crippen LogP contribution in [0.5, 0.6) is 0 Å². The Morgan fingerprint density at radius 1 is 1.12 bits per heavy atom. The Hall–Kier alpha value is -3.70. The Kier molecular flexibility index (Phi) is 8.89. The van der Waals surface area contributed by atoms with Crippen LogP contribution < -0.4 is 5.32 Å². The van der Waals surface area contributed by atoms with Crippen LogP contribution in [-0.2, 0) is 33.5 Å². The molecule has 4 rings (SSSR count). The van der Waals surface area contributed by atoms with Crippen LogP contribution in [0.2, 0.25) is 0 Å². The van der Waals surface area contributed by atoms with Crippen molar-refractivity contribution in [3.05, 3.63) is 47.3 Å². The van der Waals surface area contributed by atoms with Gasteiger partial charge in [-0.15, -0.1) is 0 Å². The van der Waals surface area contributed by atoms with E-state index >= 15 is 0 Å². The summed E-state index contributed by atoms with van der Waals surface area (Å²) in [6.45, 7) is 7.73. The molecule has 41 heavy (non-hydrogen) atoms. The van der Waals surface area contributed by atoms with Gasteiger partial charge in [-0.05, 0) is 39.5 Å². The molecule has 2 aliphatic rings. The first-order valence-electron chi connectivity index (χ1n) is 13.8. The van der Waals surface area contributed by atoms with E-state index in [0.29, 0.717) is 18.5 Å². The number of ether oxygens (including phenoxy) is 1. The molecule has 0 unspecified atom stereocenters. The zero-order valence-corrected chi connectivity index (χ0v) is 23.8. The molecule has 2 atom stereocenters. The molecule has 0 saturated carbocycles. The van der Waals surface area contributed by atoms with Gasteiger partial charge in [-0.2, -0.15) is 13.2 Å². The summed E-state index contributed by atoms with van der Waals surface area (Å²) in [5.74, 6) is -0.204. The van der Waals surface area contributed by atoms with Crippen LogP contribution in [0, 0.1) is 5.92 Å². The van der Waals surface area contributed by atoms with E-state index < -0.39 is 29.6 Å². The van der Waals surface area contributed by atoms with Crippen LogP contribution in [0.15, 0.2) is 30.3 Å². The van der Waals surface area contributed by atoms with Gasteiger partial charge < -0.3 is 19.9 Å². The third kappa shape index (κ3) is 7.95. The zero-order chi connectivity index (χ0) is 29.9. The van der Waals surface area contributed by atoms with Crippen molar-refractivity contribution < 1.29 is 32.3 Å². The highest BCUT2D eigenvalue weighted by Gasteiger charge is 2.39. The van der Waals surface area contributed by atoms with Crippen LogP contribution in [-0.4, -0.2) is 69.0 Å². The summed E-state index contributed by atoms with van der Waals surface area (Å²) in [7, 11) is 0. The summed E-state index contributed by atoms with van der Waals surface area (Å²) < 4.78 is 47.3. The third-order valence-corrected chi connectivity index (χ3v) is 7.04. The van der Waals surface area contributed by atoms with E-state index in [4.69, 9.17) is 4.74 Å². The number of nitrogens with zero attached hydrogens (tertiary/aromatic N) is 4. The van der Waals surface area contributed by atoms with Crippen LogP contribution in [0.3, 0.4) is 0 Å². The van der Waals surface area contributed by atoms with Gasteiger partial charge in [0.25, 0.3) is 0 Å².